The van der Waals surface area contributed by atoms with Crippen LogP contribution in [-0.2, 0) is 11.3 Å². The summed E-state index contributed by atoms with van der Waals surface area (Å²) < 4.78 is 17.1. The summed E-state index contributed by atoms with van der Waals surface area (Å²) in [7, 11) is 5.02. The molecule has 0 radical (unpaired) electrons. The highest BCUT2D eigenvalue weighted by atomic mass is 16.5. The topological polar surface area (TPSA) is 54.5 Å². The maximum absolute atomic E-state index is 12.4. The quantitative estimate of drug-likeness (QED) is 0.435. The molecule has 0 aliphatic carbocycles. The summed E-state index contributed by atoms with van der Waals surface area (Å²) in [5, 5.41) is 0. The molecule has 1 amide bonds. The Labute approximate surface area is 231 Å². The van der Waals surface area contributed by atoms with Gasteiger partial charge in [-0.25, -0.2) is 0 Å². The van der Waals surface area contributed by atoms with E-state index in [0.717, 1.165) is 49.8 Å². The van der Waals surface area contributed by atoms with Gasteiger partial charge in [0.25, 0.3) is 0 Å². The minimum absolute atomic E-state index is 0.143. The van der Waals surface area contributed by atoms with Gasteiger partial charge >= 0.3 is 0 Å². The largest absolute Gasteiger partial charge is 0.496 e. The van der Waals surface area contributed by atoms with E-state index < -0.39 is 0 Å². The molecule has 39 heavy (non-hydrogen) atoms. The van der Waals surface area contributed by atoms with E-state index in [9.17, 15) is 4.79 Å². The Balaban J connectivity index is 1.54. The van der Waals surface area contributed by atoms with Gasteiger partial charge in [0.1, 0.15) is 17.2 Å². The number of amides is 1. The Kier molecular flexibility index (Phi) is 8.38. The highest BCUT2D eigenvalue weighted by Gasteiger charge is 2.43. The third-order valence-electron chi connectivity index (χ3n) is 8.21. The van der Waals surface area contributed by atoms with E-state index in [4.69, 9.17) is 14.2 Å². The van der Waals surface area contributed by atoms with Crippen molar-refractivity contribution >= 4 is 5.91 Å². The van der Waals surface area contributed by atoms with Gasteiger partial charge in [-0.05, 0) is 11.1 Å². The number of fused-ring (bicyclic) bond motifs is 1. The minimum Gasteiger partial charge on any atom is -0.496 e. The molecule has 7 nitrogen and oxygen atoms in total. The molecule has 2 atom stereocenters. The third kappa shape index (κ3) is 5.75. The van der Waals surface area contributed by atoms with Crippen molar-refractivity contribution in [3.05, 3.63) is 89.5 Å². The molecule has 2 heterocycles. The zero-order valence-corrected chi connectivity index (χ0v) is 23.4. The summed E-state index contributed by atoms with van der Waals surface area (Å²) in [5.41, 5.74) is 3.62. The van der Waals surface area contributed by atoms with Crippen LogP contribution in [-0.4, -0.2) is 86.7 Å². The van der Waals surface area contributed by atoms with Crippen LogP contribution in [0.1, 0.15) is 29.5 Å². The molecule has 0 unspecified atom stereocenters. The lowest BCUT2D eigenvalue weighted by molar-refractivity contribution is -0.134. The van der Waals surface area contributed by atoms with Crippen molar-refractivity contribution in [1.29, 1.82) is 0 Å². The summed E-state index contributed by atoms with van der Waals surface area (Å²) in [5.74, 6) is 2.54. The molecule has 0 saturated carbocycles. The summed E-state index contributed by atoms with van der Waals surface area (Å²) in [6.45, 7) is 6.45. The number of carbonyl (C=O) groups is 1. The fourth-order valence-corrected chi connectivity index (χ4v) is 6.34. The van der Waals surface area contributed by atoms with Crippen LogP contribution in [0.2, 0.25) is 0 Å². The molecule has 206 valence electrons. The van der Waals surface area contributed by atoms with E-state index in [1.54, 1.807) is 28.3 Å². The van der Waals surface area contributed by atoms with Crippen LogP contribution in [0.4, 0.5) is 0 Å². The van der Waals surface area contributed by atoms with Crippen LogP contribution < -0.4 is 14.2 Å². The van der Waals surface area contributed by atoms with Crippen LogP contribution in [0.5, 0.6) is 17.2 Å². The Bertz CT molecular complexity index is 1190. The summed E-state index contributed by atoms with van der Waals surface area (Å²) in [6, 6.07) is 25.9. The SMILES string of the molecule is COc1cc(OC)c(CN2C[C@@H]3CN(C(C)=O)CCN3[C@H](C(c3ccccc3)c3ccccc3)C2)c(OC)c1. The Morgan fingerprint density at radius 1 is 0.821 bits per heavy atom. The van der Waals surface area contributed by atoms with Crippen LogP contribution in [0.15, 0.2) is 72.8 Å². The van der Waals surface area contributed by atoms with E-state index in [1.807, 2.05) is 17.0 Å². The van der Waals surface area contributed by atoms with Gasteiger partial charge in [0.05, 0.1) is 26.9 Å². The van der Waals surface area contributed by atoms with Crippen LogP contribution in [0.25, 0.3) is 0 Å². The van der Waals surface area contributed by atoms with E-state index in [0.29, 0.717) is 12.3 Å². The smallest absolute Gasteiger partial charge is 0.219 e. The Morgan fingerprint density at radius 2 is 1.41 bits per heavy atom. The van der Waals surface area contributed by atoms with Crippen molar-refractivity contribution in [3.8, 4) is 17.2 Å². The van der Waals surface area contributed by atoms with Crippen molar-refractivity contribution < 1.29 is 19.0 Å². The lowest BCUT2D eigenvalue weighted by Gasteiger charge is -2.53. The van der Waals surface area contributed by atoms with Crippen molar-refractivity contribution in [2.45, 2.75) is 31.5 Å². The number of hydrogen-bond donors (Lipinski definition) is 0. The standard InChI is InChI=1S/C32H39N3O4/c1-23(36)34-15-16-35-26(20-34)19-33(21-28-30(38-3)17-27(37-2)18-31(28)39-4)22-29(35)32(24-11-7-5-8-12-24)25-13-9-6-10-14-25/h5-14,17-18,26,29,32H,15-16,19-22H2,1-4H3/t26-,29+/m1/s1. The number of hydrogen-bond acceptors (Lipinski definition) is 6. The number of benzene rings is 3. The van der Waals surface area contributed by atoms with Gasteiger partial charge < -0.3 is 19.1 Å². The Hall–Kier alpha value is -3.55. The van der Waals surface area contributed by atoms with Gasteiger partial charge in [-0.15, -0.1) is 0 Å². The normalized spacial score (nSPS) is 20.0. The van der Waals surface area contributed by atoms with E-state index in [1.165, 1.54) is 11.1 Å². The van der Waals surface area contributed by atoms with Crippen LogP contribution in [0.3, 0.4) is 0 Å². The van der Waals surface area contributed by atoms with Gasteiger partial charge in [0.2, 0.25) is 5.91 Å². The van der Waals surface area contributed by atoms with Crippen molar-refractivity contribution in [1.82, 2.24) is 14.7 Å². The molecule has 0 bridgehead atoms. The van der Waals surface area contributed by atoms with Crippen molar-refractivity contribution in [2.24, 2.45) is 0 Å². The van der Waals surface area contributed by atoms with Crippen LogP contribution in [0, 0.1) is 0 Å². The highest BCUT2D eigenvalue weighted by molar-refractivity contribution is 5.73. The highest BCUT2D eigenvalue weighted by Crippen LogP contribution is 2.39. The monoisotopic (exact) mass is 529 g/mol. The van der Waals surface area contributed by atoms with Crippen molar-refractivity contribution in [3.63, 3.8) is 0 Å². The van der Waals surface area contributed by atoms with Crippen molar-refractivity contribution in [2.75, 3.05) is 54.1 Å². The fraction of sp³-hybridized carbons (Fsp3) is 0.406. The lowest BCUT2D eigenvalue weighted by Crippen LogP contribution is -2.67. The molecule has 5 rings (SSSR count). The van der Waals surface area contributed by atoms with E-state index >= 15 is 0 Å². The number of piperazine rings is 2. The van der Waals surface area contributed by atoms with E-state index in [-0.39, 0.29) is 23.9 Å². The zero-order valence-electron chi connectivity index (χ0n) is 23.4. The van der Waals surface area contributed by atoms with Gasteiger partial charge in [-0.3, -0.25) is 14.6 Å². The number of rotatable bonds is 8. The average molecular weight is 530 g/mol. The molecule has 2 fully saturated rings. The van der Waals surface area contributed by atoms with Gasteiger partial charge in [-0.1, -0.05) is 60.7 Å². The third-order valence-corrected chi connectivity index (χ3v) is 8.21. The predicted molar refractivity (Wildman–Crippen MR) is 153 cm³/mol. The molecule has 0 spiro atoms. The van der Waals surface area contributed by atoms with Gasteiger partial charge in [0.15, 0.2) is 0 Å². The summed E-state index contributed by atoms with van der Waals surface area (Å²) in [4.78, 5) is 19.5. The summed E-state index contributed by atoms with van der Waals surface area (Å²) >= 11 is 0. The minimum atomic E-state index is 0.143. The maximum Gasteiger partial charge on any atom is 0.219 e. The number of methoxy groups -OCH3 is 3. The number of nitrogens with zero attached hydrogens (tertiary/aromatic N) is 3. The molecule has 3 aromatic carbocycles. The molecule has 3 aromatic rings. The summed E-state index contributed by atoms with van der Waals surface area (Å²) in [6.07, 6.45) is 0. The Morgan fingerprint density at radius 3 is 1.92 bits per heavy atom. The second-order valence-corrected chi connectivity index (χ2v) is 10.4. The van der Waals surface area contributed by atoms with Crippen LogP contribution >= 0.6 is 0 Å². The zero-order chi connectivity index (χ0) is 27.4. The lowest BCUT2D eigenvalue weighted by atomic mass is 9.81. The molecular formula is C32H39N3O4. The van der Waals surface area contributed by atoms with Gasteiger partial charge in [0, 0.05) is 76.3 Å². The molecule has 0 N–H and O–H groups in total. The number of ether oxygens (including phenoxy) is 3. The first-order valence-electron chi connectivity index (χ1n) is 13.6. The maximum atomic E-state index is 12.4. The second-order valence-electron chi connectivity index (χ2n) is 10.4. The fourth-order valence-electron chi connectivity index (χ4n) is 6.34. The molecular weight excluding hydrogens is 490 g/mol. The van der Waals surface area contributed by atoms with Gasteiger partial charge in [-0.2, -0.15) is 0 Å². The average Bonchev–Trinajstić information content (AvgIpc) is 2.98. The molecule has 2 aliphatic rings. The molecule has 7 heteroatoms. The molecule has 0 aromatic heterocycles. The second kappa shape index (κ2) is 12.1. The molecule has 2 aliphatic heterocycles. The first-order valence-corrected chi connectivity index (χ1v) is 13.6. The first kappa shape index (κ1) is 27.0. The number of carbonyl (C=O) groups excluding carboxylic acids is 1. The predicted octanol–water partition coefficient (Wildman–Crippen LogP) is 4.26. The van der Waals surface area contributed by atoms with E-state index in [2.05, 4.69) is 70.5 Å². The first-order chi connectivity index (χ1) is 19.0. The molecule has 2 saturated heterocycles.